The van der Waals surface area contributed by atoms with Crippen molar-refractivity contribution in [3.63, 3.8) is 0 Å². The van der Waals surface area contributed by atoms with E-state index in [-0.39, 0.29) is 5.91 Å². The van der Waals surface area contributed by atoms with Gasteiger partial charge in [0.15, 0.2) is 0 Å². The number of carbonyl (C=O) groups excluding carboxylic acids is 1. The minimum absolute atomic E-state index is 0.0585. The molecule has 30 heavy (non-hydrogen) atoms. The van der Waals surface area contributed by atoms with Gasteiger partial charge in [-0.1, -0.05) is 18.2 Å². The molecular formula is C22H25N3O4S. The van der Waals surface area contributed by atoms with Crippen LogP contribution in [0.2, 0.25) is 0 Å². The maximum absolute atomic E-state index is 11.9. The number of hydrogen-bond donors (Lipinski definition) is 3. The van der Waals surface area contributed by atoms with Gasteiger partial charge in [-0.05, 0) is 72.5 Å². The molecule has 0 unspecified atom stereocenters. The highest BCUT2D eigenvalue weighted by Gasteiger charge is 2.19. The van der Waals surface area contributed by atoms with Gasteiger partial charge >= 0.3 is 0 Å². The third-order valence-corrected chi connectivity index (χ3v) is 5.90. The third-order valence-electron chi connectivity index (χ3n) is 5.30. The van der Waals surface area contributed by atoms with Crippen LogP contribution >= 0.6 is 0 Å². The molecule has 0 saturated carbocycles. The molecule has 4 rings (SSSR count). The number of benzene rings is 2. The van der Waals surface area contributed by atoms with Crippen LogP contribution in [0, 0.1) is 0 Å². The van der Waals surface area contributed by atoms with Gasteiger partial charge in [0.1, 0.15) is 12.4 Å². The summed E-state index contributed by atoms with van der Waals surface area (Å²) in [6.45, 7) is 2.77. The maximum Gasteiger partial charge on any atom is 0.252 e. The molecule has 7 nitrogen and oxygen atoms in total. The van der Waals surface area contributed by atoms with E-state index in [1.807, 2.05) is 24.3 Å². The van der Waals surface area contributed by atoms with Crippen molar-refractivity contribution >= 4 is 27.2 Å². The lowest BCUT2D eigenvalue weighted by molar-refractivity contribution is 0.0965. The zero-order valence-corrected chi connectivity index (χ0v) is 17.6. The van der Waals surface area contributed by atoms with Crippen LogP contribution in [0.25, 0.3) is 5.57 Å². The highest BCUT2D eigenvalue weighted by molar-refractivity contribution is 7.92. The summed E-state index contributed by atoms with van der Waals surface area (Å²) in [5, 5.41) is 6.23. The summed E-state index contributed by atoms with van der Waals surface area (Å²) in [5.41, 5.74) is 5.69. The molecule has 0 radical (unpaired) electrons. The molecule has 2 aromatic carbocycles. The highest BCUT2D eigenvalue weighted by Crippen LogP contribution is 2.28. The first-order chi connectivity index (χ1) is 14.4. The first-order valence-electron chi connectivity index (χ1n) is 9.93. The Bertz CT molecular complexity index is 1090. The summed E-state index contributed by atoms with van der Waals surface area (Å²) in [4.78, 5) is 11.9. The van der Waals surface area contributed by atoms with Crippen molar-refractivity contribution in [2.45, 2.75) is 19.4 Å². The van der Waals surface area contributed by atoms with Crippen molar-refractivity contribution < 1.29 is 17.9 Å². The third kappa shape index (κ3) is 4.83. The molecule has 1 amide bonds. The Morgan fingerprint density at radius 3 is 2.60 bits per heavy atom. The van der Waals surface area contributed by atoms with Gasteiger partial charge in [0.05, 0.1) is 6.26 Å². The minimum atomic E-state index is -3.30. The van der Waals surface area contributed by atoms with Gasteiger partial charge in [-0.3, -0.25) is 9.52 Å². The van der Waals surface area contributed by atoms with E-state index in [0.717, 1.165) is 43.3 Å². The van der Waals surface area contributed by atoms with Gasteiger partial charge < -0.3 is 15.4 Å². The number of ether oxygens (including phenoxy) is 1. The Labute approximate surface area is 176 Å². The van der Waals surface area contributed by atoms with Gasteiger partial charge in [0.25, 0.3) is 5.91 Å². The number of amides is 1. The molecule has 2 aromatic rings. The Kier molecular flexibility index (Phi) is 5.78. The molecule has 0 bridgehead atoms. The average Bonchev–Trinajstić information content (AvgIpc) is 2.92. The molecule has 2 aliphatic rings. The topological polar surface area (TPSA) is 96.5 Å². The molecule has 2 heterocycles. The lowest BCUT2D eigenvalue weighted by Gasteiger charge is -2.15. The molecule has 2 aliphatic heterocycles. The van der Waals surface area contributed by atoms with Crippen LogP contribution in [0.4, 0.5) is 5.69 Å². The van der Waals surface area contributed by atoms with Crippen molar-refractivity contribution in [3.05, 3.63) is 64.7 Å². The van der Waals surface area contributed by atoms with Crippen LogP contribution in [0.1, 0.15) is 34.3 Å². The second-order valence-corrected chi connectivity index (χ2v) is 9.32. The van der Waals surface area contributed by atoms with Crippen LogP contribution in [-0.4, -0.2) is 40.3 Å². The van der Waals surface area contributed by atoms with E-state index < -0.39 is 10.0 Å². The standard InChI is InChI=1S/C22H25N3O4S/c1-30(27,28)25-18-5-2-15(3-6-18)20-9-11-23-10-8-17(20)14-29-19-7-4-16-13-24-22(26)21(16)12-19/h2-7,12,23,25H,8-11,13-14H2,1H3,(H,24,26). The smallest absolute Gasteiger partial charge is 0.252 e. The second kappa shape index (κ2) is 8.49. The number of hydrogen-bond acceptors (Lipinski definition) is 5. The molecule has 0 aromatic heterocycles. The van der Waals surface area contributed by atoms with E-state index in [1.54, 1.807) is 18.2 Å². The van der Waals surface area contributed by atoms with E-state index in [9.17, 15) is 13.2 Å². The number of nitrogens with one attached hydrogen (secondary N) is 3. The summed E-state index contributed by atoms with van der Waals surface area (Å²) >= 11 is 0. The maximum atomic E-state index is 11.9. The van der Waals surface area contributed by atoms with E-state index >= 15 is 0 Å². The van der Waals surface area contributed by atoms with Crippen LogP contribution < -0.4 is 20.1 Å². The monoisotopic (exact) mass is 427 g/mol. The number of carbonyl (C=O) groups is 1. The number of rotatable bonds is 6. The number of anilines is 1. The molecule has 3 N–H and O–H groups in total. The normalized spacial score (nSPS) is 16.6. The fourth-order valence-electron chi connectivity index (χ4n) is 3.82. The summed E-state index contributed by atoms with van der Waals surface area (Å²) < 4.78 is 31.4. The lowest BCUT2D eigenvalue weighted by atomic mass is 9.96. The zero-order valence-electron chi connectivity index (χ0n) is 16.8. The highest BCUT2D eigenvalue weighted by atomic mass is 32.2. The van der Waals surface area contributed by atoms with Gasteiger partial charge in [-0.2, -0.15) is 0 Å². The lowest BCUT2D eigenvalue weighted by Crippen LogP contribution is -2.14. The fourth-order valence-corrected chi connectivity index (χ4v) is 4.38. The minimum Gasteiger partial charge on any atom is -0.489 e. The predicted molar refractivity (Wildman–Crippen MR) is 117 cm³/mol. The van der Waals surface area contributed by atoms with Crippen molar-refractivity contribution in [2.24, 2.45) is 0 Å². The van der Waals surface area contributed by atoms with Gasteiger partial charge in [0, 0.05) is 17.8 Å². The van der Waals surface area contributed by atoms with Crippen molar-refractivity contribution in [3.8, 4) is 5.75 Å². The second-order valence-electron chi connectivity index (χ2n) is 7.57. The summed E-state index contributed by atoms with van der Waals surface area (Å²) in [7, 11) is -3.30. The van der Waals surface area contributed by atoms with Gasteiger partial charge in [-0.15, -0.1) is 0 Å². The van der Waals surface area contributed by atoms with Gasteiger partial charge in [0.2, 0.25) is 10.0 Å². The fraction of sp³-hybridized carbons (Fsp3) is 0.318. The predicted octanol–water partition coefficient (Wildman–Crippen LogP) is 2.52. The summed E-state index contributed by atoms with van der Waals surface area (Å²) in [5.74, 6) is 0.624. The molecule has 0 spiro atoms. The molecule has 0 atom stereocenters. The van der Waals surface area contributed by atoms with Crippen molar-refractivity contribution in [1.29, 1.82) is 0 Å². The Morgan fingerprint density at radius 2 is 1.83 bits per heavy atom. The number of fused-ring (bicyclic) bond motifs is 1. The Hall–Kier alpha value is -2.84. The Morgan fingerprint density at radius 1 is 1.07 bits per heavy atom. The first-order valence-corrected chi connectivity index (χ1v) is 11.8. The van der Waals surface area contributed by atoms with Crippen LogP contribution in [-0.2, 0) is 16.6 Å². The molecule has 0 aliphatic carbocycles. The quantitative estimate of drug-likeness (QED) is 0.658. The molecule has 0 saturated heterocycles. The average molecular weight is 428 g/mol. The Balaban J connectivity index is 1.54. The molecule has 8 heteroatoms. The van der Waals surface area contributed by atoms with E-state index in [1.165, 1.54) is 11.1 Å². The van der Waals surface area contributed by atoms with Crippen molar-refractivity contribution in [1.82, 2.24) is 10.6 Å². The van der Waals surface area contributed by atoms with E-state index in [0.29, 0.717) is 30.2 Å². The largest absolute Gasteiger partial charge is 0.489 e. The summed E-state index contributed by atoms with van der Waals surface area (Å²) in [6, 6.07) is 13.1. The van der Waals surface area contributed by atoms with Crippen molar-refractivity contribution in [2.75, 3.05) is 30.7 Å². The van der Waals surface area contributed by atoms with Crippen LogP contribution in [0.3, 0.4) is 0 Å². The van der Waals surface area contributed by atoms with Crippen LogP contribution in [0.5, 0.6) is 5.75 Å². The molecule has 0 fully saturated rings. The SMILES string of the molecule is CS(=O)(=O)Nc1ccc(C2=C(COc3ccc4c(c3)C(=O)NC4)CCNCC2)cc1. The first kappa shape index (κ1) is 20.4. The van der Waals surface area contributed by atoms with Crippen LogP contribution in [0.15, 0.2) is 48.0 Å². The van der Waals surface area contributed by atoms with E-state index in [4.69, 9.17) is 4.74 Å². The van der Waals surface area contributed by atoms with E-state index in [2.05, 4.69) is 15.4 Å². The summed E-state index contributed by atoms with van der Waals surface area (Å²) in [6.07, 6.45) is 2.87. The van der Waals surface area contributed by atoms with Gasteiger partial charge in [-0.25, -0.2) is 8.42 Å². The number of sulfonamides is 1. The molecular weight excluding hydrogens is 402 g/mol. The zero-order chi connectivity index (χ0) is 21.1. The molecule has 158 valence electrons.